The number of aryl methyl sites for hydroxylation is 2. The smallest absolute Gasteiger partial charge is 0.255 e. The van der Waals surface area contributed by atoms with Crippen molar-refractivity contribution in [2.45, 2.75) is 13.8 Å². The zero-order valence-corrected chi connectivity index (χ0v) is 26.8. The summed E-state index contributed by atoms with van der Waals surface area (Å²) in [5.41, 5.74) is 8.35. The van der Waals surface area contributed by atoms with Crippen LogP contribution in [0.1, 0.15) is 32.1 Å². The number of hydrogen-bond acceptors (Lipinski definition) is 6. The van der Waals surface area contributed by atoms with Crippen LogP contribution < -0.4 is 15.4 Å². The number of anilines is 1. The first-order valence-electron chi connectivity index (χ1n) is 14.3. The van der Waals surface area contributed by atoms with Crippen molar-refractivity contribution in [1.82, 2.24) is 14.9 Å². The number of halogens is 2. The van der Waals surface area contributed by atoms with Gasteiger partial charge in [0.1, 0.15) is 28.5 Å². The molecular formula is C34H29F2N5O5S. The number of benzene rings is 4. The number of furan rings is 1. The molecule has 0 aliphatic carbocycles. The van der Waals surface area contributed by atoms with Crippen molar-refractivity contribution in [3.8, 4) is 28.1 Å². The van der Waals surface area contributed by atoms with E-state index in [0.717, 1.165) is 22.2 Å². The van der Waals surface area contributed by atoms with Crippen LogP contribution in [0.15, 0.2) is 71.1 Å². The Morgan fingerprint density at radius 3 is 2.30 bits per heavy atom. The normalized spacial score (nSPS) is 11.7. The number of hydrogen-bond donors (Lipinski definition) is 2. The van der Waals surface area contributed by atoms with E-state index in [1.165, 1.54) is 42.9 Å². The fraction of sp³-hybridized carbons (Fsp3) is 0.147. The van der Waals surface area contributed by atoms with Gasteiger partial charge in [0, 0.05) is 42.4 Å². The average molecular weight is 658 g/mol. The van der Waals surface area contributed by atoms with Crippen LogP contribution in [-0.2, 0) is 10.0 Å². The Kier molecular flexibility index (Phi) is 7.59. The third kappa shape index (κ3) is 5.37. The van der Waals surface area contributed by atoms with Crippen molar-refractivity contribution in [2.75, 3.05) is 24.7 Å². The number of rotatable bonds is 7. The molecule has 47 heavy (non-hydrogen) atoms. The van der Waals surface area contributed by atoms with Gasteiger partial charge in [-0.05, 0) is 55.8 Å². The lowest BCUT2D eigenvalue weighted by Crippen LogP contribution is -2.25. The van der Waals surface area contributed by atoms with Crippen molar-refractivity contribution in [1.29, 1.82) is 0 Å². The first kappa shape index (κ1) is 31.4. The summed E-state index contributed by atoms with van der Waals surface area (Å²) in [5.74, 6) is -2.33. The number of carbonyl (C=O) groups is 2. The van der Waals surface area contributed by atoms with Gasteiger partial charge in [0.2, 0.25) is 10.0 Å². The number of carbonyl (C=O) groups excluding carboxylic acids is 2. The monoisotopic (exact) mass is 657 g/mol. The number of aromatic nitrogens is 2. The van der Waals surface area contributed by atoms with Crippen molar-refractivity contribution >= 4 is 49.5 Å². The number of amides is 2. The number of nitrogens with one attached hydrogen (secondary N) is 1. The number of nitrogens with zero attached hydrogens (tertiary/aromatic N) is 3. The summed E-state index contributed by atoms with van der Waals surface area (Å²) in [4.78, 5) is 29.5. The van der Waals surface area contributed by atoms with E-state index in [1.807, 2.05) is 31.2 Å². The van der Waals surface area contributed by atoms with Crippen LogP contribution in [0.2, 0.25) is 0 Å². The Morgan fingerprint density at radius 2 is 1.66 bits per heavy atom. The molecule has 6 aromatic rings. The first-order valence-corrected chi connectivity index (χ1v) is 16.2. The molecule has 240 valence electrons. The molecule has 2 amide bonds. The highest BCUT2D eigenvalue weighted by atomic mass is 32.2. The molecule has 4 aromatic carbocycles. The molecule has 0 saturated heterocycles. The van der Waals surface area contributed by atoms with Crippen molar-refractivity contribution < 1.29 is 31.2 Å². The lowest BCUT2D eigenvalue weighted by molar-refractivity contribution is 0.0962. The molecule has 0 bridgehead atoms. The molecule has 2 heterocycles. The molecule has 0 unspecified atom stereocenters. The van der Waals surface area contributed by atoms with Gasteiger partial charge in [-0.25, -0.2) is 22.2 Å². The molecule has 2 aromatic heterocycles. The lowest BCUT2D eigenvalue weighted by Gasteiger charge is -2.21. The average Bonchev–Trinajstić information content (AvgIpc) is 3.57. The molecule has 0 aliphatic rings. The zero-order chi connectivity index (χ0) is 33.9. The number of fused-ring (bicyclic) bond motifs is 2. The van der Waals surface area contributed by atoms with Crippen LogP contribution in [-0.4, -0.2) is 50.1 Å². The third-order valence-corrected chi connectivity index (χ3v) is 9.27. The highest BCUT2D eigenvalue weighted by Gasteiger charge is 2.27. The lowest BCUT2D eigenvalue weighted by atomic mass is 9.97. The molecule has 13 heteroatoms. The van der Waals surface area contributed by atoms with Gasteiger partial charge in [-0.1, -0.05) is 29.8 Å². The molecule has 3 N–H and O–H groups in total. The summed E-state index contributed by atoms with van der Waals surface area (Å²) in [5, 5.41) is 3.01. The minimum Gasteiger partial charge on any atom is -0.455 e. The number of primary amides is 1. The molecule has 0 spiro atoms. The Labute approximate surface area is 268 Å². The van der Waals surface area contributed by atoms with Crippen LogP contribution in [0.3, 0.4) is 0 Å². The fourth-order valence-corrected chi connectivity index (χ4v) is 6.14. The number of nitrogens with two attached hydrogens (primary N) is 1. The van der Waals surface area contributed by atoms with Gasteiger partial charge in [-0.2, -0.15) is 0 Å². The van der Waals surface area contributed by atoms with Gasteiger partial charge < -0.3 is 15.5 Å². The standard InChI is InChI=1S/C34H29F2N5O5S/c1-17-6-8-19(9-7-17)32-30(34(43)38-3)24-15-22(27(16-29(24)46-32)40(4)47(5,44)45)20-12-26(36)31-28(13-20)41(18(2)39-31)21-10-11-25(35)23(14-21)33(37)42/h6-16H,1-5H3,(H2,37,42)(H,38,43). The van der Waals surface area contributed by atoms with Crippen LogP contribution in [0.25, 0.3) is 50.1 Å². The highest BCUT2D eigenvalue weighted by Crippen LogP contribution is 2.42. The molecule has 0 fully saturated rings. The molecule has 0 saturated carbocycles. The Bertz CT molecular complexity index is 2380. The summed E-state index contributed by atoms with van der Waals surface area (Å²) in [6.07, 6.45) is 1.03. The van der Waals surface area contributed by atoms with Gasteiger partial charge in [0.25, 0.3) is 11.8 Å². The zero-order valence-electron chi connectivity index (χ0n) is 26.0. The summed E-state index contributed by atoms with van der Waals surface area (Å²) in [6, 6.07) is 17.0. The van der Waals surface area contributed by atoms with E-state index >= 15 is 4.39 Å². The van der Waals surface area contributed by atoms with Crippen LogP contribution in [0.5, 0.6) is 0 Å². The largest absolute Gasteiger partial charge is 0.455 e. The molecule has 0 atom stereocenters. The molecule has 0 aliphatic heterocycles. The molecule has 10 nitrogen and oxygen atoms in total. The number of imidazole rings is 1. The maximum absolute atomic E-state index is 15.9. The van der Waals surface area contributed by atoms with E-state index < -0.39 is 33.5 Å². The predicted molar refractivity (Wildman–Crippen MR) is 176 cm³/mol. The summed E-state index contributed by atoms with van der Waals surface area (Å²) >= 11 is 0. The SMILES string of the molecule is CNC(=O)c1c(-c2ccc(C)cc2)oc2cc(N(C)S(C)(=O)=O)c(-c3cc(F)c4nc(C)n(-c5ccc(F)c(C(N)=O)c5)c4c3)cc12. The second-order valence-electron chi connectivity index (χ2n) is 11.2. The van der Waals surface area contributed by atoms with Crippen LogP contribution in [0, 0.1) is 25.5 Å². The fourth-order valence-electron chi connectivity index (χ4n) is 5.64. The maximum Gasteiger partial charge on any atom is 0.255 e. The van der Waals surface area contributed by atoms with E-state index in [9.17, 15) is 22.4 Å². The van der Waals surface area contributed by atoms with E-state index in [-0.39, 0.29) is 50.3 Å². The van der Waals surface area contributed by atoms with Gasteiger partial charge in [0.15, 0.2) is 5.82 Å². The first-order chi connectivity index (χ1) is 22.2. The van der Waals surface area contributed by atoms with E-state index in [1.54, 1.807) is 19.1 Å². The maximum atomic E-state index is 15.9. The summed E-state index contributed by atoms with van der Waals surface area (Å²) in [6.45, 7) is 3.55. The predicted octanol–water partition coefficient (Wildman–Crippen LogP) is 5.86. The molecular weight excluding hydrogens is 628 g/mol. The van der Waals surface area contributed by atoms with E-state index in [2.05, 4.69) is 10.3 Å². The quantitative estimate of drug-likeness (QED) is 0.221. The third-order valence-electron chi connectivity index (χ3n) is 8.08. The van der Waals surface area contributed by atoms with Gasteiger partial charge >= 0.3 is 0 Å². The second kappa shape index (κ2) is 11.4. The Balaban J connectivity index is 1.68. The molecule has 0 radical (unpaired) electrons. The van der Waals surface area contributed by atoms with Crippen LogP contribution >= 0.6 is 0 Å². The number of sulfonamides is 1. The Morgan fingerprint density at radius 1 is 0.957 bits per heavy atom. The highest BCUT2D eigenvalue weighted by molar-refractivity contribution is 7.92. The minimum atomic E-state index is -3.83. The van der Waals surface area contributed by atoms with Gasteiger partial charge in [-0.3, -0.25) is 18.5 Å². The van der Waals surface area contributed by atoms with Crippen LogP contribution in [0.4, 0.5) is 14.5 Å². The second-order valence-corrected chi connectivity index (χ2v) is 13.2. The van der Waals surface area contributed by atoms with E-state index in [4.69, 9.17) is 10.2 Å². The molecule has 6 rings (SSSR count). The summed E-state index contributed by atoms with van der Waals surface area (Å²) in [7, 11) is -0.989. The van der Waals surface area contributed by atoms with Gasteiger partial charge in [0.05, 0.1) is 28.6 Å². The Hall–Kier alpha value is -5.56. The summed E-state index contributed by atoms with van der Waals surface area (Å²) < 4.78 is 64.7. The minimum absolute atomic E-state index is 0.00804. The van der Waals surface area contributed by atoms with E-state index in [0.29, 0.717) is 22.5 Å². The van der Waals surface area contributed by atoms with Crippen molar-refractivity contribution in [3.63, 3.8) is 0 Å². The van der Waals surface area contributed by atoms with Crippen molar-refractivity contribution in [3.05, 3.63) is 101 Å². The van der Waals surface area contributed by atoms with Gasteiger partial charge in [-0.15, -0.1) is 0 Å². The topological polar surface area (TPSA) is 141 Å². The van der Waals surface area contributed by atoms with Crippen molar-refractivity contribution in [2.24, 2.45) is 5.73 Å².